The molecular formula is C14H20BrClN2O2S. The summed E-state index contributed by atoms with van der Waals surface area (Å²) >= 11 is 9.38. The normalized spacial score (nSPS) is 18.3. The number of benzene rings is 1. The van der Waals surface area contributed by atoms with E-state index in [-0.39, 0.29) is 9.92 Å². The fourth-order valence-electron chi connectivity index (χ4n) is 2.67. The van der Waals surface area contributed by atoms with Gasteiger partial charge in [0.05, 0.1) is 5.02 Å². The SMILES string of the molecule is CN(C)CC1CCN(S(=O)(=O)c2ccc(Br)cc2Cl)CC1. The highest BCUT2D eigenvalue weighted by Crippen LogP contribution is 2.30. The van der Waals surface area contributed by atoms with Gasteiger partial charge in [0, 0.05) is 24.1 Å². The van der Waals surface area contributed by atoms with Gasteiger partial charge >= 0.3 is 0 Å². The quantitative estimate of drug-likeness (QED) is 0.786. The maximum atomic E-state index is 12.7. The number of hydrogen-bond donors (Lipinski definition) is 0. The molecule has 1 aliphatic heterocycles. The third kappa shape index (κ3) is 4.20. The minimum absolute atomic E-state index is 0.193. The van der Waals surface area contributed by atoms with E-state index in [2.05, 4.69) is 20.8 Å². The maximum absolute atomic E-state index is 12.7. The first kappa shape index (κ1) is 17.2. The largest absolute Gasteiger partial charge is 0.309 e. The number of nitrogens with zero attached hydrogens (tertiary/aromatic N) is 2. The Bertz CT molecular complexity index is 599. The van der Waals surface area contributed by atoms with Crippen molar-refractivity contribution in [2.75, 3.05) is 33.7 Å². The number of hydrogen-bond acceptors (Lipinski definition) is 3. The smallest absolute Gasteiger partial charge is 0.244 e. The van der Waals surface area contributed by atoms with E-state index in [1.165, 1.54) is 0 Å². The Morgan fingerprint density at radius 2 is 1.95 bits per heavy atom. The molecule has 1 saturated heterocycles. The molecule has 0 aromatic heterocycles. The lowest BCUT2D eigenvalue weighted by Crippen LogP contribution is -2.40. The van der Waals surface area contributed by atoms with Crippen LogP contribution in [-0.2, 0) is 10.0 Å². The first-order valence-electron chi connectivity index (χ1n) is 6.90. The van der Waals surface area contributed by atoms with Gasteiger partial charge in [0.25, 0.3) is 0 Å². The number of halogens is 2. The first-order chi connectivity index (χ1) is 9.80. The molecule has 1 aromatic carbocycles. The number of sulfonamides is 1. The zero-order valence-electron chi connectivity index (χ0n) is 12.2. The summed E-state index contributed by atoms with van der Waals surface area (Å²) in [5.41, 5.74) is 0. The van der Waals surface area contributed by atoms with Crippen LogP contribution in [0, 0.1) is 5.92 Å². The van der Waals surface area contributed by atoms with Gasteiger partial charge in [-0.25, -0.2) is 8.42 Å². The van der Waals surface area contributed by atoms with Crippen molar-refractivity contribution in [1.82, 2.24) is 9.21 Å². The van der Waals surface area contributed by atoms with Crippen molar-refractivity contribution in [1.29, 1.82) is 0 Å². The van der Waals surface area contributed by atoms with Gasteiger partial charge in [-0.3, -0.25) is 0 Å². The molecule has 118 valence electrons. The molecule has 0 bridgehead atoms. The van der Waals surface area contributed by atoms with Crippen molar-refractivity contribution < 1.29 is 8.42 Å². The maximum Gasteiger partial charge on any atom is 0.244 e. The molecule has 1 fully saturated rings. The Hall–Kier alpha value is -0.140. The van der Waals surface area contributed by atoms with Crippen LogP contribution in [0.4, 0.5) is 0 Å². The van der Waals surface area contributed by atoms with Crippen LogP contribution < -0.4 is 0 Å². The van der Waals surface area contributed by atoms with Crippen LogP contribution in [-0.4, -0.2) is 51.4 Å². The third-order valence-electron chi connectivity index (χ3n) is 3.71. The highest BCUT2D eigenvalue weighted by molar-refractivity contribution is 9.10. The van der Waals surface area contributed by atoms with E-state index < -0.39 is 10.0 Å². The van der Waals surface area contributed by atoms with Gasteiger partial charge in [-0.2, -0.15) is 4.31 Å². The summed E-state index contributed by atoms with van der Waals surface area (Å²) in [5.74, 6) is 0.562. The molecule has 0 N–H and O–H groups in total. The summed E-state index contributed by atoms with van der Waals surface area (Å²) in [5, 5.41) is 0.264. The van der Waals surface area contributed by atoms with Crippen molar-refractivity contribution in [3.63, 3.8) is 0 Å². The molecule has 0 unspecified atom stereocenters. The predicted molar refractivity (Wildman–Crippen MR) is 89.2 cm³/mol. The van der Waals surface area contributed by atoms with E-state index in [1.54, 1.807) is 22.5 Å². The molecular weight excluding hydrogens is 376 g/mol. The van der Waals surface area contributed by atoms with Gasteiger partial charge in [-0.1, -0.05) is 27.5 Å². The molecule has 2 rings (SSSR count). The van der Waals surface area contributed by atoms with Gasteiger partial charge < -0.3 is 4.90 Å². The zero-order valence-corrected chi connectivity index (χ0v) is 15.4. The van der Waals surface area contributed by atoms with Crippen molar-refractivity contribution in [2.24, 2.45) is 5.92 Å². The van der Waals surface area contributed by atoms with Crippen LogP contribution >= 0.6 is 27.5 Å². The molecule has 0 saturated carbocycles. The molecule has 1 heterocycles. The standard InChI is InChI=1S/C14H20BrClN2O2S/c1-17(2)10-11-5-7-18(8-6-11)21(19,20)14-4-3-12(15)9-13(14)16/h3-4,9,11H,5-8,10H2,1-2H3. The fraction of sp³-hybridized carbons (Fsp3) is 0.571. The van der Waals surface area contributed by atoms with E-state index in [1.807, 2.05) is 14.1 Å². The Morgan fingerprint density at radius 1 is 1.33 bits per heavy atom. The molecule has 0 aliphatic carbocycles. The summed E-state index contributed by atoms with van der Waals surface area (Å²) in [6, 6.07) is 4.89. The van der Waals surface area contributed by atoms with Crippen molar-refractivity contribution in [3.05, 3.63) is 27.7 Å². The Kier molecular flexibility index (Phi) is 5.71. The summed E-state index contributed by atoms with van der Waals surface area (Å²) < 4.78 is 27.7. The summed E-state index contributed by atoms with van der Waals surface area (Å²) in [6.07, 6.45) is 1.79. The second kappa shape index (κ2) is 6.96. The Labute approximate surface area is 140 Å². The molecule has 0 spiro atoms. The summed E-state index contributed by atoms with van der Waals surface area (Å²) in [7, 11) is 0.598. The molecule has 21 heavy (non-hydrogen) atoms. The van der Waals surface area contributed by atoms with Crippen LogP contribution in [0.1, 0.15) is 12.8 Å². The minimum Gasteiger partial charge on any atom is -0.309 e. The molecule has 0 atom stereocenters. The average molecular weight is 396 g/mol. The summed E-state index contributed by atoms with van der Waals surface area (Å²) in [6.45, 7) is 2.13. The van der Waals surface area contributed by atoms with Gasteiger partial charge in [-0.05, 0) is 51.1 Å². The molecule has 7 heteroatoms. The molecule has 1 aromatic rings. The third-order valence-corrected chi connectivity index (χ3v) is 6.58. The molecule has 0 amide bonds. The highest BCUT2D eigenvalue weighted by Gasteiger charge is 2.30. The predicted octanol–water partition coefficient (Wildman–Crippen LogP) is 3.06. The van der Waals surface area contributed by atoms with Crippen LogP contribution in [0.5, 0.6) is 0 Å². The monoisotopic (exact) mass is 394 g/mol. The Morgan fingerprint density at radius 3 is 2.48 bits per heavy atom. The second-order valence-corrected chi connectivity index (χ2v) is 8.91. The first-order valence-corrected chi connectivity index (χ1v) is 9.51. The second-order valence-electron chi connectivity index (χ2n) is 5.68. The van der Waals surface area contributed by atoms with Crippen LogP contribution in [0.15, 0.2) is 27.6 Å². The van der Waals surface area contributed by atoms with E-state index >= 15 is 0 Å². The molecule has 0 radical (unpaired) electrons. The van der Waals surface area contributed by atoms with Gasteiger partial charge in [0.1, 0.15) is 4.90 Å². The fourth-order valence-corrected chi connectivity index (χ4v) is 5.15. The number of piperidine rings is 1. The van der Waals surface area contributed by atoms with E-state index in [0.717, 1.165) is 23.9 Å². The van der Waals surface area contributed by atoms with Crippen molar-refractivity contribution in [3.8, 4) is 0 Å². The highest BCUT2D eigenvalue weighted by atomic mass is 79.9. The summed E-state index contributed by atoms with van der Waals surface area (Å²) in [4.78, 5) is 2.35. The van der Waals surface area contributed by atoms with Crippen LogP contribution in [0.25, 0.3) is 0 Å². The zero-order chi connectivity index (χ0) is 15.6. The Balaban J connectivity index is 2.11. The lowest BCUT2D eigenvalue weighted by Gasteiger charge is -2.32. The molecule has 4 nitrogen and oxygen atoms in total. The van der Waals surface area contributed by atoms with E-state index in [9.17, 15) is 8.42 Å². The van der Waals surface area contributed by atoms with Crippen molar-refractivity contribution >= 4 is 37.6 Å². The van der Waals surface area contributed by atoms with Gasteiger partial charge in [0.15, 0.2) is 0 Å². The van der Waals surface area contributed by atoms with Crippen LogP contribution in [0.3, 0.4) is 0 Å². The minimum atomic E-state index is -3.49. The van der Waals surface area contributed by atoms with Gasteiger partial charge in [-0.15, -0.1) is 0 Å². The molecule has 1 aliphatic rings. The van der Waals surface area contributed by atoms with E-state index in [0.29, 0.717) is 19.0 Å². The number of rotatable bonds is 4. The lowest BCUT2D eigenvalue weighted by molar-refractivity contribution is 0.225. The lowest BCUT2D eigenvalue weighted by atomic mass is 9.98. The van der Waals surface area contributed by atoms with Crippen molar-refractivity contribution in [2.45, 2.75) is 17.7 Å². The van der Waals surface area contributed by atoms with Crippen LogP contribution in [0.2, 0.25) is 5.02 Å². The van der Waals surface area contributed by atoms with E-state index in [4.69, 9.17) is 11.6 Å². The topological polar surface area (TPSA) is 40.6 Å². The van der Waals surface area contributed by atoms with Gasteiger partial charge in [0.2, 0.25) is 10.0 Å². The average Bonchev–Trinajstić information content (AvgIpc) is 2.38.